The summed E-state index contributed by atoms with van der Waals surface area (Å²) in [6, 6.07) is 0.434. The summed E-state index contributed by atoms with van der Waals surface area (Å²) in [5, 5.41) is 6.05. The fourth-order valence-corrected chi connectivity index (χ4v) is 7.29. The first kappa shape index (κ1) is 37.8. The Morgan fingerprint density at radius 1 is 0.791 bits per heavy atom. The molecule has 8 heteroatoms. The molecule has 1 saturated heterocycles. The van der Waals surface area contributed by atoms with Crippen LogP contribution < -0.4 is 5.32 Å². The molecule has 0 aromatic rings. The van der Waals surface area contributed by atoms with Crippen LogP contribution in [0.15, 0.2) is 9.98 Å². The van der Waals surface area contributed by atoms with E-state index in [2.05, 4.69) is 101 Å². The van der Waals surface area contributed by atoms with Crippen molar-refractivity contribution in [2.45, 2.75) is 169 Å². The molecule has 0 aromatic heterocycles. The molecule has 2 aliphatic rings. The Bertz CT molecular complexity index is 847. The molecule has 0 saturated carbocycles. The van der Waals surface area contributed by atoms with Crippen molar-refractivity contribution in [3.05, 3.63) is 0 Å². The molecule has 2 rings (SSSR count). The summed E-state index contributed by atoms with van der Waals surface area (Å²) in [5.74, 6) is 2.04. The number of aliphatic imine (C=N–C) groups is 2. The highest BCUT2D eigenvalue weighted by atomic mass is 16.7. The zero-order chi connectivity index (χ0) is 32.1. The number of nitrogens with one attached hydrogen (secondary N) is 1. The van der Waals surface area contributed by atoms with Gasteiger partial charge in [-0.1, -0.05) is 67.7 Å². The molecular formula is C35H71N7O. The van der Waals surface area contributed by atoms with Crippen molar-refractivity contribution in [3.8, 4) is 0 Å². The van der Waals surface area contributed by atoms with Crippen molar-refractivity contribution in [1.29, 1.82) is 0 Å². The third-order valence-corrected chi connectivity index (χ3v) is 10.1. The lowest BCUT2D eigenvalue weighted by Crippen LogP contribution is -2.68. The van der Waals surface area contributed by atoms with Crippen LogP contribution in [0.4, 0.5) is 0 Å². The fourth-order valence-electron chi connectivity index (χ4n) is 7.29. The first-order valence-corrected chi connectivity index (χ1v) is 18.1. The number of guanidine groups is 2. The second kappa shape index (κ2) is 17.9. The van der Waals surface area contributed by atoms with E-state index in [9.17, 15) is 0 Å². The highest BCUT2D eigenvalue weighted by molar-refractivity contribution is 6.00. The Labute approximate surface area is 267 Å². The van der Waals surface area contributed by atoms with Crippen LogP contribution in [0, 0.1) is 0 Å². The van der Waals surface area contributed by atoms with Gasteiger partial charge in [0.05, 0.1) is 12.1 Å². The van der Waals surface area contributed by atoms with Crippen LogP contribution in [0.25, 0.3) is 0 Å². The van der Waals surface area contributed by atoms with Crippen LogP contribution in [0.5, 0.6) is 0 Å². The number of piperidine rings is 1. The molecule has 2 heterocycles. The van der Waals surface area contributed by atoms with E-state index in [0.29, 0.717) is 6.04 Å². The summed E-state index contributed by atoms with van der Waals surface area (Å²) in [6.45, 7) is 28.9. The van der Waals surface area contributed by atoms with Gasteiger partial charge in [0.25, 0.3) is 0 Å². The van der Waals surface area contributed by atoms with Crippen molar-refractivity contribution in [2.75, 3.05) is 46.4 Å². The van der Waals surface area contributed by atoms with Crippen molar-refractivity contribution >= 4 is 11.9 Å². The van der Waals surface area contributed by atoms with Gasteiger partial charge in [-0.05, 0) is 85.6 Å². The molecule has 2 aliphatic heterocycles. The predicted octanol–water partition coefficient (Wildman–Crippen LogP) is 7.51. The molecule has 2 unspecified atom stereocenters. The van der Waals surface area contributed by atoms with E-state index < -0.39 is 5.66 Å². The Balaban J connectivity index is 2.61. The van der Waals surface area contributed by atoms with Crippen LogP contribution in [-0.2, 0) is 4.84 Å². The van der Waals surface area contributed by atoms with Crippen LogP contribution in [0.1, 0.15) is 146 Å². The first-order chi connectivity index (χ1) is 20.5. The second-order valence-electron chi connectivity index (χ2n) is 13.8. The summed E-state index contributed by atoms with van der Waals surface area (Å²) >= 11 is 0. The lowest BCUT2D eigenvalue weighted by Gasteiger charge is -2.56. The minimum Gasteiger partial charge on any atom is -0.343 e. The van der Waals surface area contributed by atoms with Crippen LogP contribution in [0.2, 0.25) is 0 Å². The topological polar surface area (TPSA) is 58.9 Å². The molecule has 0 aromatic carbocycles. The molecule has 252 valence electrons. The van der Waals surface area contributed by atoms with Crippen molar-refractivity contribution < 1.29 is 4.84 Å². The van der Waals surface area contributed by atoms with Gasteiger partial charge in [-0.2, -0.15) is 5.06 Å². The van der Waals surface area contributed by atoms with E-state index in [1.165, 1.54) is 38.5 Å². The van der Waals surface area contributed by atoms with E-state index in [-0.39, 0.29) is 11.1 Å². The summed E-state index contributed by atoms with van der Waals surface area (Å²) in [6.07, 6.45) is 13.3. The van der Waals surface area contributed by atoms with Gasteiger partial charge in [-0.25, -0.2) is 9.98 Å². The standard InChI is InChI=1S/C35H71N7O/c1-12-19-24-40(23-15-4)31-36-32(41(25-20-13-2)26-21-14-3)38-34(10,37-31)35(17-6,18-7)39(11)30-22-27-42(43-28-16-5)33(8,9)29-30/h30H,12-29H2,1-11H3,(H,36,37,38). The zero-order valence-corrected chi connectivity index (χ0v) is 30.4. The zero-order valence-electron chi connectivity index (χ0n) is 30.4. The van der Waals surface area contributed by atoms with Gasteiger partial charge in [-0.15, -0.1) is 0 Å². The maximum atomic E-state index is 6.20. The number of hydroxylamine groups is 2. The van der Waals surface area contributed by atoms with Gasteiger partial charge in [0.15, 0.2) is 5.66 Å². The number of hydrogen-bond donors (Lipinski definition) is 1. The van der Waals surface area contributed by atoms with Crippen LogP contribution in [-0.4, -0.2) is 101 Å². The quantitative estimate of drug-likeness (QED) is 0.164. The monoisotopic (exact) mass is 606 g/mol. The molecule has 0 amide bonds. The lowest BCUT2D eigenvalue weighted by atomic mass is 9.76. The van der Waals surface area contributed by atoms with Gasteiger partial charge >= 0.3 is 0 Å². The summed E-state index contributed by atoms with van der Waals surface area (Å²) in [4.78, 5) is 25.2. The number of hydrogen-bond acceptors (Lipinski definition) is 8. The predicted molar refractivity (Wildman–Crippen MR) is 186 cm³/mol. The third kappa shape index (κ3) is 9.32. The highest BCUT2D eigenvalue weighted by Crippen LogP contribution is 2.44. The molecule has 0 spiro atoms. The van der Waals surface area contributed by atoms with Gasteiger partial charge in [0, 0.05) is 44.3 Å². The maximum Gasteiger partial charge on any atom is 0.203 e. The van der Waals surface area contributed by atoms with E-state index in [0.717, 1.165) is 89.8 Å². The fraction of sp³-hybridized carbons (Fsp3) is 0.943. The molecule has 1 N–H and O–H groups in total. The van der Waals surface area contributed by atoms with Gasteiger partial charge < -0.3 is 9.80 Å². The Kier molecular flexibility index (Phi) is 15.8. The molecule has 43 heavy (non-hydrogen) atoms. The van der Waals surface area contributed by atoms with E-state index in [1.807, 2.05) is 0 Å². The Morgan fingerprint density at radius 3 is 1.72 bits per heavy atom. The second-order valence-corrected chi connectivity index (χ2v) is 13.8. The van der Waals surface area contributed by atoms with Crippen molar-refractivity contribution in [2.24, 2.45) is 9.98 Å². The minimum atomic E-state index is -0.615. The van der Waals surface area contributed by atoms with E-state index >= 15 is 0 Å². The molecule has 2 atom stereocenters. The van der Waals surface area contributed by atoms with Crippen molar-refractivity contribution in [1.82, 2.24) is 25.1 Å². The molecule has 0 aliphatic carbocycles. The normalized spacial score (nSPS) is 22.7. The summed E-state index contributed by atoms with van der Waals surface area (Å²) in [5.41, 5.74) is -0.856. The first-order valence-electron chi connectivity index (χ1n) is 18.1. The van der Waals surface area contributed by atoms with Crippen LogP contribution >= 0.6 is 0 Å². The number of nitrogens with zero attached hydrogens (tertiary/aromatic N) is 6. The SMILES string of the molecule is CCCCN(CCC)C1=NC(C)(C(CC)(CC)N(C)C2CCN(OCCC)C(C)(C)C2)N=C(N(CCCC)CCCC)N1. The van der Waals surface area contributed by atoms with Crippen LogP contribution in [0.3, 0.4) is 0 Å². The Morgan fingerprint density at radius 2 is 1.30 bits per heavy atom. The molecule has 0 bridgehead atoms. The van der Waals surface area contributed by atoms with Gasteiger partial charge in [0.2, 0.25) is 11.9 Å². The summed E-state index contributed by atoms with van der Waals surface area (Å²) < 4.78 is 0. The number of unbranched alkanes of at least 4 members (excludes halogenated alkanes) is 3. The van der Waals surface area contributed by atoms with Gasteiger partial charge in [-0.3, -0.25) is 15.1 Å². The average Bonchev–Trinajstić information content (AvgIpc) is 2.98. The molecule has 1 fully saturated rings. The largest absolute Gasteiger partial charge is 0.343 e. The lowest BCUT2D eigenvalue weighted by molar-refractivity contribution is -0.237. The third-order valence-electron chi connectivity index (χ3n) is 10.1. The number of rotatable bonds is 19. The smallest absolute Gasteiger partial charge is 0.203 e. The maximum absolute atomic E-state index is 6.20. The van der Waals surface area contributed by atoms with E-state index in [4.69, 9.17) is 14.8 Å². The molecular weight excluding hydrogens is 534 g/mol. The number of likely N-dealkylation sites (N-methyl/N-ethyl adjacent to an activating group) is 1. The Hall–Kier alpha value is -1.38. The molecule has 0 radical (unpaired) electrons. The highest BCUT2D eigenvalue weighted by Gasteiger charge is 2.54. The average molecular weight is 606 g/mol. The summed E-state index contributed by atoms with van der Waals surface area (Å²) in [7, 11) is 2.36. The van der Waals surface area contributed by atoms with E-state index in [1.54, 1.807) is 0 Å². The van der Waals surface area contributed by atoms with Gasteiger partial charge in [0.1, 0.15) is 0 Å². The minimum absolute atomic E-state index is 0.0212. The van der Waals surface area contributed by atoms with Crippen molar-refractivity contribution in [3.63, 3.8) is 0 Å². The molecule has 8 nitrogen and oxygen atoms in total.